The highest BCUT2D eigenvalue weighted by molar-refractivity contribution is 8.68. The molecule has 0 aliphatic carbocycles. The maximum atomic E-state index is 12.5. The summed E-state index contributed by atoms with van der Waals surface area (Å²) in [7, 11) is 4.69. The van der Waals surface area contributed by atoms with E-state index >= 15 is 0 Å². The number of nitrogens with zero attached hydrogens (tertiary/aromatic N) is 3. The fourth-order valence-corrected chi connectivity index (χ4v) is 18.6. The van der Waals surface area contributed by atoms with Crippen molar-refractivity contribution in [1.82, 2.24) is 20.1 Å². The highest BCUT2D eigenvalue weighted by Crippen LogP contribution is 2.62. The maximum absolute atomic E-state index is 12.5. The van der Waals surface area contributed by atoms with E-state index in [0.717, 1.165) is 57.9 Å². The average Bonchev–Trinajstić information content (AvgIpc) is 3.80. The highest BCUT2D eigenvalue weighted by Gasteiger charge is 2.29. The quantitative estimate of drug-likeness (QED) is 0.0433. The average molecular weight is 1290 g/mol. The molecular weight excluding hydrogens is 1230 g/mol. The summed E-state index contributed by atoms with van der Waals surface area (Å²) in [6, 6.07) is 12.7. The Morgan fingerprint density at radius 1 is 0.789 bits per heavy atom. The molecular formula is C37H65Cl3N4O15P5S7+. The summed E-state index contributed by atoms with van der Waals surface area (Å²) in [5.74, 6) is 5.40. The molecule has 0 aliphatic heterocycles. The van der Waals surface area contributed by atoms with Gasteiger partial charge < -0.3 is 32.5 Å². The van der Waals surface area contributed by atoms with Gasteiger partial charge in [0.15, 0.2) is 5.75 Å². The van der Waals surface area contributed by atoms with Crippen LogP contribution < -0.4 is 14.4 Å². The maximum Gasteiger partial charge on any atom is 0.692 e. The Morgan fingerprint density at radius 3 is 1.77 bits per heavy atom. The summed E-state index contributed by atoms with van der Waals surface area (Å²) >= 11 is 35.5. The van der Waals surface area contributed by atoms with Crippen molar-refractivity contribution in [1.29, 1.82) is 0 Å². The van der Waals surface area contributed by atoms with Crippen LogP contribution in [0, 0.1) is 0 Å². The Balaban J connectivity index is 0. The normalized spacial score (nSPS) is 12.5. The van der Waals surface area contributed by atoms with Gasteiger partial charge >= 0.3 is 34.6 Å². The zero-order valence-electron chi connectivity index (χ0n) is 41.0. The van der Waals surface area contributed by atoms with Crippen LogP contribution in [0.1, 0.15) is 48.0 Å². The molecule has 2 unspecified atom stereocenters. The molecule has 1 amide bonds. The summed E-state index contributed by atoms with van der Waals surface area (Å²) in [5.41, 5.74) is -1.10. The van der Waals surface area contributed by atoms with Crippen LogP contribution >= 0.6 is 127 Å². The number of rotatable bonds is 29. The van der Waals surface area contributed by atoms with Gasteiger partial charge in [0, 0.05) is 85.6 Å². The molecule has 3 N–H and O–H groups in total. The first-order valence-electron chi connectivity index (χ1n) is 20.8. The van der Waals surface area contributed by atoms with Crippen molar-refractivity contribution in [2.45, 2.75) is 53.2 Å². The van der Waals surface area contributed by atoms with Crippen molar-refractivity contribution in [3.63, 3.8) is 0 Å². The van der Waals surface area contributed by atoms with Crippen LogP contribution in [0.15, 0.2) is 48.8 Å². The number of benzene rings is 2. The van der Waals surface area contributed by atoms with Gasteiger partial charge in [0.25, 0.3) is 0 Å². The minimum atomic E-state index is -3.32. The van der Waals surface area contributed by atoms with Gasteiger partial charge in [-0.25, -0.2) is 13.8 Å². The molecule has 2 atom stereocenters. The number of hydrogen-bond donors (Lipinski definition) is 3. The van der Waals surface area contributed by atoms with Gasteiger partial charge in [-0.3, -0.25) is 18.4 Å². The third kappa shape index (κ3) is 35.0. The molecule has 0 spiro atoms. The second-order valence-corrected chi connectivity index (χ2v) is 34.7. The van der Waals surface area contributed by atoms with Crippen LogP contribution in [0.4, 0.5) is 0 Å². The molecule has 0 fully saturated rings. The number of carbonyl (C=O) groups is 1. The first-order valence-corrected chi connectivity index (χ1v) is 38.3. The molecule has 0 aliphatic rings. The van der Waals surface area contributed by atoms with Crippen molar-refractivity contribution in [3.8, 4) is 17.4 Å². The molecule has 0 saturated heterocycles. The summed E-state index contributed by atoms with van der Waals surface area (Å²) in [4.78, 5) is 29.5. The topological polar surface area (TPSA) is 235 Å². The smallest absolute Gasteiger partial charge is 0.414 e. The van der Waals surface area contributed by atoms with Crippen LogP contribution in [-0.2, 0) is 73.8 Å². The molecule has 34 heteroatoms. The van der Waals surface area contributed by atoms with Crippen molar-refractivity contribution in [2.24, 2.45) is 0 Å². The molecule has 410 valence electrons. The third-order valence-electron chi connectivity index (χ3n) is 7.06. The first kappa shape index (κ1) is 73.8. The molecule has 0 saturated carbocycles. The van der Waals surface area contributed by atoms with Gasteiger partial charge in [0.1, 0.15) is 6.33 Å². The Bertz CT molecular complexity index is 2090. The highest BCUT2D eigenvalue weighted by atomic mass is 35.5. The molecule has 3 aromatic rings. The van der Waals surface area contributed by atoms with Crippen molar-refractivity contribution >= 4 is 156 Å². The molecule has 19 nitrogen and oxygen atoms in total. The van der Waals surface area contributed by atoms with Gasteiger partial charge in [0.2, 0.25) is 11.6 Å². The standard InChI is InChI=1S/C12H16N3O3PS.C11H14Cl3O3PS.C8H18NO4PS2.C6H15O2PS3.HO3P/c1-3-16-19(20,17-4-2)18-12-13-10-15(14-12)11-8-6-5-7-9-11;1-3-5-19-18(15,16-4-2)17-11-9(13)6-8(12)7-10(11)14;1-7(8(10)9-2)15-5-6-16-14(11,12-3)13-4;1-4-11-5-6-12-9(10,7-2)8-3;1-4(2)3/h5-10H,3-4H2,1-2H3;6-7H,3-5H2,1-2H3;7H,5-6H2,1-4H3,(H,9,10);4-6H2,1-3H3;(H-,1,2,3)/p+1. The molecule has 2 aromatic carbocycles. The van der Waals surface area contributed by atoms with E-state index in [1.54, 1.807) is 50.6 Å². The predicted octanol–water partition coefficient (Wildman–Crippen LogP) is 13.9. The Labute approximate surface area is 465 Å². The molecule has 0 radical (unpaired) electrons. The largest absolute Gasteiger partial charge is 0.692 e. The van der Waals surface area contributed by atoms with Gasteiger partial charge in [-0.15, -0.1) is 26.6 Å². The van der Waals surface area contributed by atoms with Crippen molar-refractivity contribution in [3.05, 3.63) is 63.9 Å². The molecule has 71 heavy (non-hydrogen) atoms. The van der Waals surface area contributed by atoms with E-state index < -0.39 is 34.3 Å². The minimum absolute atomic E-state index is 0.00309. The zero-order valence-corrected chi connectivity index (χ0v) is 53.5. The Morgan fingerprint density at radius 2 is 1.31 bits per heavy atom. The van der Waals surface area contributed by atoms with E-state index in [-0.39, 0.29) is 39.6 Å². The summed E-state index contributed by atoms with van der Waals surface area (Å²) in [5, 5.41) is 7.48. The van der Waals surface area contributed by atoms with Gasteiger partial charge in [-0.2, -0.15) is 16.7 Å². The second kappa shape index (κ2) is 42.7. The monoisotopic (exact) mass is 1290 g/mol. The second-order valence-electron chi connectivity index (χ2n) is 12.0. The fourth-order valence-electron chi connectivity index (χ4n) is 4.05. The van der Waals surface area contributed by atoms with Crippen LogP contribution in [0.5, 0.6) is 11.8 Å². The number of hydrogen-bond acceptors (Lipinski definition) is 22. The lowest BCUT2D eigenvalue weighted by Crippen LogP contribution is -2.27. The number of para-hydroxylation sites is 1. The fraction of sp³-hybridized carbons (Fsp3) is 0.595. The number of halogens is 3. The van der Waals surface area contributed by atoms with E-state index in [4.69, 9.17) is 113 Å². The lowest BCUT2D eigenvalue weighted by molar-refractivity contribution is -0.119. The number of amides is 1. The molecule has 1 heterocycles. The van der Waals surface area contributed by atoms with Crippen molar-refractivity contribution in [2.75, 3.05) is 89.8 Å². The zero-order chi connectivity index (χ0) is 54.5. The minimum Gasteiger partial charge on any atom is -0.414 e. The van der Waals surface area contributed by atoms with E-state index in [9.17, 15) is 13.9 Å². The van der Waals surface area contributed by atoms with Crippen LogP contribution in [0.3, 0.4) is 0 Å². The Hall–Kier alpha value is 0.770. The molecule has 3 rings (SSSR count). The van der Waals surface area contributed by atoms with Crippen LogP contribution in [0.25, 0.3) is 5.69 Å². The van der Waals surface area contributed by atoms with Gasteiger partial charge in [-0.1, -0.05) is 78.2 Å². The van der Waals surface area contributed by atoms with E-state index in [1.165, 1.54) is 38.1 Å². The van der Waals surface area contributed by atoms with E-state index in [1.807, 2.05) is 69.8 Å². The Kier molecular flexibility index (Phi) is 44.5. The molecule has 1 aromatic heterocycles. The lowest BCUT2D eigenvalue weighted by atomic mass is 10.3. The number of nitrogens with one attached hydrogen (secondary N) is 1. The lowest BCUT2D eigenvalue weighted by Gasteiger charge is -2.19. The van der Waals surface area contributed by atoms with Gasteiger partial charge in [-0.05, 0) is 98.7 Å². The summed E-state index contributed by atoms with van der Waals surface area (Å²) in [6.45, 7) is 3.36. The number of carbonyl (C=O) groups excluding carboxylic acids is 1. The van der Waals surface area contributed by atoms with E-state index in [0.29, 0.717) is 29.7 Å². The first-order chi connectivity index (χ1) is 33.5. The van der Waals surface area contributed by atoms with Crippen molar-refractivity contribution < 1.29 is 69.0 Å². The van der Waals surface area contributed by atoms with Gasteiger partial charge in [0.05, 0.1) is 40.8 Å². The number of aromatic nitrogens is 3. The third-order valence-corrected chi connectivity index (χ3v) is 26.5. The summed E-state index contributed by atoms with van der Waals surface area (Å²) < 4.78 is 81.2. The van der Waals surface area contributed by atoms with E-state index in [2.05, 4.69) is 22.3 Å². The molecule has 0 bridgehead atoms. The van der Waals surface area contributed by atoms with Crippen LogP contribution in [0.2, 0.25) is 15.1 Å². The number of thioether (sulfide) groups is 2. The SMILES string of the molecule is CCCSP(=O)(OCC)Oc1c(Cl)cc(Cl)cc1Cl.CCOP(=S)(OCC)Oc1ncn(-c2ccccc2)n1.CCSCCSP(=S)(OC)OC.CNC(=O)C(C)SCCSP(=O)(OC)OC.O=[P+](O)O. The summed E-state index contributed by atoms with van der Waals surface area (Å²) in [6.07, 6.45) is 2.41. The predicted molar refractivity (Wildman–Crippen MR) is 309 cm³/mol. The van der Waals surface area contributed by atoms with Crippen LogP contribution in [-0.4, -0.2) is 126 Å².